The molecule has 0 spiro atoms. The van der Waals surface area contributed by atoms with Crippen molar-refractivity contribution in [3.05, 3.63) is 35.4 Å². The lowest BCUT2D eigenvalue weighted by molar-refractivity contribution is 0.0186. The molecule has 1 fully saturated rings. The monoisotopic (exact) mass is 204 g/mol. The number of hydrogen-bond acceptors (Lipinski definition) is 2. The minimum absolute atomic E-state index is 0.134. The zero-order valence-corrected chi connectivity index (χ0v) is 9.03. The van der Waals surface area contributed by atoms with Crippen LogP contribution in [0.25, 0.3) is 0 Å². The molecular weight excluding hydrogens is 188 g/mol. The van der Waals surface area contributed by atoms with Crippen LogP contribution >= 0.6 is 0 Å². The number of Topliss-reactive ketones (excluding diaryl/α,β-unsaturated/α-hetero) is 1. The summed E-state index contributed by atoms with van der Waals surface area (Å²) < 4.78 is 5.47. The quantitative estimate of drug-likeness (QED) is 0.692. The first-order chi connectivity index (χ1) is 7.27. The van der Waals surface area contributed by atoms with Gasteiger partial charge >= 0.3 is 0 Å². The molecular formula is C13H16O2. The Morgan fingerprint density at radius 1 is 1.27 bits per heavy atom. The highest BCUT2D eigenvalue weighted by molar-refractivity contribution is 5.99. The molecule has 0 bridgehead atoms. The molecule has 1 heterocycles. The SMILES string of the molecule is Cc1ccc(C(=O)C2CCCCO2)cc1. The predicted molar refractivity (Wildman–Crippen MR) is 59.1 cm³/mol. The molecule has 1 unspecified atom stereocenters. The molecule has 1 aromatic rings. The Balaban J connectivity index is 2.09. The van der Waals surface area contributed by atoms with Crippen LogP contribution in [-0.2, 0) is 4.74 Å². The van der Waals surface area contributed by atoms with E-state index in [0.29, 0.717) is 0 Å². The van der Waals surface area contributed by atoms with Crippen LogP contribution in [0.4, 0.5) is 0 Å². The smallest absolute Gasteiger partial charge is 0.191 e. The molecule has 15 heavy (non-hydrogen) atoms. The third-order valence-electron chi connectivity index (χ3n) is 2.81. The van der Waals surface area contributed by atoms with Crippen LogP contribution in [0.15, 0.2) is 24.3 Å². The van der Waals surface area contributed by atoms with Crippen molar-refractivity contribution >= 4 is 5.78 Å². The van der Waals surface area contributed by atoms with Gasteiger partial charge in [-0.25, -0.2) is 0 Å². The standard InChI is InChI=1S/C13H16O2/c1-10-5-7-11(8-6-10)13(14)12-4-2-3-9-15-12/h5-8,12H,2-4,9H2,1H3. The summed E-state index contributed by atoms with van der Waals surface area (Å²) in [5, 5.41) is 0. The molecule has 2 nitrogen and oxygen atoms in total. The van der Waals surface area contributed by atoms with E-state index in [9.17, 15) is 4.79 Å². The van der Waals surface area contributed by atoms with Gasteiger partial charge in [-0.3, -0.25) is 4.79 Å². The number of benzene rings is 1. The molecule has 1 atom stereocenters. The second-order valence-electron chi connectivity index (χ2n) is 4.09. The van der Waals surface area contributed by atoms with Crippen molar-refractivity contribution in [3.8, 4) is 0 Å². The molecule has 0 N–H and O–H groups in total. The first-order valence-corrected chi connectivity index (χ1v) is 5.50. The second kappa shape index (κ2) is 4.58. The minimum atomic E-state index is -0.207. The van der Waals surface area contributed by atoms with Crippen molar-refractivity contribution in [2.24, 2.45) is 0 Å². The molecule has 2 heteroatoms. The highest BCUT2D eigenvalue weighted by Gasteiger charge is 2.22. The summed E-state index contributed by atoms with van der Waals surface area (Å²) in [5.41, 5.74) is 1.95. The van der Waals surface area contributed by atoms with Crippen LogP contribution in [-0.4, -0.2) is 18.5 Å². The van der Waals surface area contributed by atoms with E-state index in [4.69, 9.17) is 4.74 Å². The lowest BCUT2D eigenvalue weighted by atomic mass is 9.99. The van der Waals surface area contributed by atoms with Crippen LogP contribution < -0.4 is 0 Å². The lowest BCUT2D eigenvalue weighted by Crippen LogP contribution is -2.28. The molecule has 80 valence electrons. The Morgan fingerprint density at radius 2 is 2.00 bits per heavy atom. The van der Waals surface area contributed by atoms with Crippen molar-refractivity contribution in [2.75, 3.05) is 6.61 Å². The molecule has 1 saturated heterocycles. The molecule has 1 aliphatic heterocycles. The zero-order valence-electron chi connectivity index (χ0n) is 9.03. The summed E-state index contributed by atoms with van der Waals surface area (Å²) in [6, 6.07) is 7.71. The van der Waals surface area contributed by atoms with Gasteiger partial charge in [0, 0.05) is 12.2 Å². The van der Waals surface area contributed by atoms with Gasteiger partial charge < -0.3 is 4.74 Å². The number of carbonyl (C=O) groups excluding carboxylic acids is 1. The topological polar surface area (TPSA) is 26.3 Å². The second-order valence-corrected chi connectivity index (χ2v) is 4.09. The number of ketones is 1. The Hall–Kier alpha value is -1.15. The van der Waals surface area contributed by atoms with Gasteiger partial charge in [-0.05, 0) is 26.2 Å². The van der Waals surface area contributed by atoms with Crippen LogP contribution in [0.3, 0.4) is 0 Å². The number of carbonyl (C=O) groups is 1. The molecule has 0 radical (unpaired) electrons. The van der Waals surface area contributed by atoms with Crippen molar-refractivity contribution in [1.82, 2.24) is 0 Å². The Kier molecular flexibility index (Phi) is 3.17. The molecule has 0 aliphatic carbocycles. The fraction of sp³-hybridized carbons (Fsp3) is 0.462. The van der Waals surface area contributed by atoms with Gasteiger partial charge in [0.15, 0.2) is 5.78 Å². The fourth-order valence-corrected chi connectivity index (χ4v) is 1.85. The van der Waals surface area contributed by atoms with Gasteiger partial charge in [-0.2, -0.15) is 0 Å². The van der Waals surface area contributed by atoms with Gasteiger partial charge in [0.25, 0.3) is 0 Å². The number of ether oxygens (including phenoxy) is 1. The molecule has 1 aliphatic rings. The van der Waals surface area contributed by atoms with Gasteiger partial charge in [0.2, 0.25) is 0 Å². The van der Waals surface area contributed by atoms with E-state index >= 15 is 0 Å². The molecule has 0 saturated carbocycles. The van der Waals surface area contributed by atoms with Crippen molar-refractivity contribution in [3.63, 3.8) is 0 Å². The Bertz CT molecular complexity index is 334. The number of rotatable bonds is 2. The average Bonchev–Trinajstić information content (AvgIpc) is 2.30. The first-order valence-electron chi connectivity index (χ1n) is 5.50. The molecule has 0 aromatic heterocycles. The number of hydrogen-bond donors (Lipinski definition) is 0. The van der Waals surface area contributed by atoms with Gasteiger partial charge in [-0.15, -0.1) is 0 Å². The fourth-order valence-electron chi connectivity index (χ4n) is 1.85. The largest absolute Gasteiger partial charge is 0.370 e. The average molecular weight is 204 g/mol. The third-order valence-corrected chi connectivity index (χ3v) is 2.81. The van der Waals surface area contributed by atoms with Crippen LogP contribution in [0.2, 0.25) is 0 Å². The Morgan fingerprint density at radius 3 is 2.60 bits per heavy atom. The summed E-state index contributed by atoms with van der Waals surface area (Å²) in [6.45, 7) is 2.74. The maximum Gasteiger partial charge on any atom is 0.191 e. The van der Waals surface area contributed by atoms with E-state index in [1.54, 1.807) is 0 Å². The predicted octanol–water partition coefficient (Wildman–Crippen LogP) is 2.75. The van der Waals surface area contributed by atoms with Gasteiger partial charge in [0.1, 0.15) is 6.10 Å². The van der Waals surface area contributed by atoms with E-state index in [1.807, 2.05) is 31.2 Å². The Labute approximate surface area is 90.3 Å². The highest BCUT2D eigenvalue weighted by Crippen LogP contribution is 2.17. The molecule has 2 rings (SSSR count). The highest BCUT2D eigenvalue weighted by atomic mass is 16.5. The normalized spacial score (nSPS) is 21.3. The van der Waals surface area contributed by atoms with Crippen LogP contribution in [0.1, 0.15) is 35.2 Å². The van der Waals surface area contributed by atoms with Gasteiger partial charge in [-0.1, -0.05) is 29.8 Å². The van der Waals surface area contributed by atoms with E-state index in [1.165, 1.54) is 5.56 Å². The van der Waals surface area contributed by atoms with Crippen molar-refractivity contribution < 1.29 is 9.53 Å². The zero-order chi connectivity index (χ0) is 10.7. The minimum Gasteiger partial charge on any atom is -0.370 e. The summed E-state index contributed by atoms with van der Waals surface area (Å²) in [7, 11) is 0. The summed E-state index contributed by atoms with van der Waals surface area (Å²) in [6.07, 6.45) is 2.84. The maximum absolute atomic E-state index is 12.0. The molecule has 1 aromatic carbocycles. The summed E-state index contributed by atoms with van der Waals surface area (Å²) in [5.74, 6) is 0.134. The van der Waals surface area contributed by atoms with Crippen molar-refractivity contribution in [2.45, 2.75) is 32.3 Å². The van der Waals surface area contributed by atoms with E-state index in [2.05, 4.69) is 0 Å². The lowest BCUT2D eigenvalue weighted by Gasteiger charge is -2.21. The molecule has 0 amide bonds. The third kappa shape index (κ3) is 2.45. The maximum atomic E-state index is 12.0. The van der Waals surface area contributed by atoms with Gasteiger partial charge in [0.05, 0.1) is 0 Å². The number of aryl methyl sites for hydroxylation is 1. The summed E-state index contributed by atoms with van der Waals surface area (Å²) in [4.78, 5) is 12.0. The summed E-state index contributed by atoms with van der Waals surface area (Å²) >= 11 is 0. The van der Waals surface area contributed by atoms with Crippen molar-refractivity contribution in [1.29, 1.82) is 0 Å². The van der Waals surface area contributed by atoms with E-state index < -0.39 is 0 Å². The van der Waals surface area contributed by atoms with Crippen LogP contribution in [0.5, 0.6) is 0 Å². The first kappa shape index (κ1) is 10.4. The van der Waals surface area contributed by atoms with E-state index in [-0.39, 0.29) is 11.9 Å². The van der Waals surface area contributed by atoms with E-state index in [0.717, 1.165) is 31.4 Å². The van der Waals surface area contributed by atoms with Crippen LogP contribution in [0, 0.1) is 6.92 Å².